The zero-order valence-corrected chi connectivity index (χ0v) is 13.2. The fourth-order valence-electron chi connectivity index (χ4n) is 3.29. The Bertz CT molecular complexity index is 497. The number of carbonyl (C=O) groups is 1. The summed E-state index contributed by atoms with van der Waals surface area (Å²) in [6.45, 7) is 4.67. The molecule has 0 bridgehead atoms. The summed E-state index contributed by atoms with van der Waals surface area (Å²) >= 11 is 0. The molecule has 1 aliphatic carbocycles. The highest BCUT2D eigenvalue weighted by atomic mass is 16.5. The molecular formula is C16H25N3O3. The fourth-order valence-corrected chi connectivity index (χ4v) is 3.29. The Labute approximate surface area is 131 Å². The summed E-state index contributed by atoms with van der Waals surface area (Å²) < 4.78 is 13.3. The van der Waals surface area contributed by atoms with Crippen molar-refractivity contribution in [1.82, 2.24) is 14.7 Å². The van der Waals surface area contributed by atoms with Gasteiger partial charge in [-0.2, -0.15) is 5.10 Å². The summed E-state index contributed by atoms with van der Waals surface area (Å²) in [6.07, 6.45) is 6.69. The second-order valence-electron chi connectivity index (χ2n) is 6.07. The molecule has 1 fully saturated rings. The van der Waals surface area contributed by atoms with Crippen molar-refractivity contribution in [2.24, 2.45) is 0 Å². The summed E-state index contributed by atoms with van der Waals surface area (Å²) in [4.78, 5) is 14.3. The Morgan fingerprint density at radius 1 is 1.41 bits per heavy atom. The van der Waals surface area contributed by atoms with Crippen LogP contribution in [0.1, 0.15) is 44.3 Å². The molecule has 0 aromatic carbocycles. The normalized spacial score (nSPS) is 22.0. The van der Waals surface area contributed by atoms with Gasteiger partial charge in [0.2, 0.25) is 5.91 Å². The molecule has 0 N–H and O–H groups in total. The summed E-state index contributed by atoms with van der Waals surface area (Å²) in [7, 11) is 0. The number of amides is 1. The van der Waals surface area contributed by atoms with Crippen LogP contribution in [0.25, 0.3) is 0 Å². The third-order valence-electron chi connectivity index (χ3n) is 4.49. The first-order chi connectivity index (χ1) is 10.8. The lowest BCUT2D eigenvalue weighted by Crippen LogP contribution is -2.44. The number of ether oxygens (including phenoxy) is 2. The quantitative estimate of drug-likeness (QED) is 0.803. The van der Waals surface area contributed by atoms with Gasteiger partial charge in [0.1, 0.15) is 6.61 Å². The molecule has 1 saturated carbocycles. The predicted molar refractivity (Wildman–Crippen MR) is 81.4 cm³/mol. The van der Waals surface area contributed by atoms with Gasteiger partial charge in [0, 0.05) is 19.3 Å². The van der Waals surface area contributed by atoms with Gasteiger partial charge < -0.3 is 14.4 Å². The molecule has 1 aromatic rings. The number of rotatable bonds is 6. The lowest BCUT2D eigenvalue weighted by Gasteiger charge is -2.34. The minimum absolute atomic E-state index is 0.0702. The Morgan fingerprint density at radius 3 is 3.00 bits per heavy atom. The van der Waals surface area contributed by atoms with Gasteiger partial charge in [-0.15, -0.1) is 0 Å². The average molecular weight is 307 g/mol. The van der Waals surface area contributed by atoms with E-state index >= 15 is 0 Å². The smallest absolute Gasteiger partial charge is 0.249 e. The minimum atomic E-state index is 0.0702. The first-order valence-electron chi connectivity index (χ1n) is 8.27. The Hall–Kier alpha value is -1.40. The van der Waals surface area contributed by atoms with Gasteiger partial charge >= 0.3 is 0 Å². The van der Waals surface area contributed by atoms with E-state index in [0.717, 1.165) is 18.5 Å². The van der Waals surface area contributed by atoms with E-state index in [0.29, 0.717) is 26.3 Å². The van der Waals surface area contributed by atoms with Crippen LogP contribution in [-0.2, 0) is 20.8 Å². The van der Waals surface area contributed by atoms with Crippen LogP contribution in [0, 0.1) is 0 Å². The summed E-state index contributed by atoms with van der Waals surface area (Å²) in [5, 5.41) is 4.36. The molecule has 122 valence electrons. The van der Waals surface area contributed by atoms with Gasteiger partial charge in [0.15, 0.2) is 0 Å². The highest BCUT2D eigenvalue weighted by Crippen LogP contribution is 2.23. The SMILES string of the molecule is CCOCC1CN(C(=O)COC2CCCC2)Cc2ccnn21. The Kier molecular flexibility index (Phi) is 5.10. The maximum absolute atomic E-state index is 12.4. The number of carbonyl (C=O) groups excluding carboxylic acids is 1. The molecule has 1 unspecified atom stereocenters. The van der Waals surface area contributed by atoms with E-state index in [4.69, 9.17) is 9.47 Å². The van der Waals surface area contributed by atoms with Crippen LogP contribution in [0.5, 0.6) is 0 Å². The molecule has 0 spiro atoms. The van der Waals surface area contributed by atoms with E-state index in [1.54, 1.807) is 6.20 Å². The molecule has 3 rings (SSSR count). The predicted octanol–water partition coefficient (Wildman–Crippen LogP) is 1.76. The van der Waals surface area contributed by atoms with Crippen LogP contribution < -0.4 is 0 Å². The first-order valence-corrected chi connectivity index (χ1v) is 8.27. The Balaban J connectivity index is 1.58. The second-order valence-corrected chi connectivity index (χ2v) is 6.07. The standard InChI is InChI=1S/C16H25N3O3/c1-2-21-11-14-10-18(9-13-7-8-17-19(13)14)16(20)12-22-15-5-3-4-6-15/h7-8,14-15H,2-6,9-12H2,1H3. The monoisotopic (exact) mass is 307 g/mol. The van der Waals surface area contributed by atoms with Crippen molar-refractivity contribution >= 4 is 5.91 Å². The molecule has 6 nitrogen and oxygen atoms in total. The van der Waals surface area contributed by atoms with Crippen molar-refractivity contribution in [3.8, 4) is 0 Å². The van der Waals surface area contributed by atoms with Crippen molar-refractivity contribution < 1.29 is 14.3 Å². The first kappa shape index (κ1) is 15.5. The molecule has 0 radical (unpaired) electrons. The van der Waals surface area contributed by atoms with Crippen molar-refractivity contribution in [2.75, 3.05) is 26.4 Å². The summed E-state index contributed by atoms with van der Waals surface area (Å²) in [5.74, 6) is 0.0702. The average Bonchev–Trinajstić information content (AvgIpc) is 3.20. The van der Waals surface area contributed by atoms with Gasteiger partial charge in [-0.1, -0.05) is 12.8 Å². The second kappa shape index (κ2) is 7.24. The highest BCUT2D eigenvalue weighted by Gasteiger charge is 2.29. The fraction of sp³-hybridized carbons (Fsp3) is 0.750. The van der Waals surface area contributed by atoms with E-state index in [2.05, 4.69) is 5.10 Å². The van der Waals surface area contributed by atoms with Gasteiger partial charge in [0.05, 0.1) is 31.0 Å². The van der Waals surface area contributed by atoms with Crippen LogP contribution in [0.3, 0.4) is 0 Å². The largest absolute Gasteiger partial charge is 0.379 e. The van der Waals surface area contributed by atoms with E-state index < -0.39 is 0 Å². The molecule has 1 aromatic heterocycles. The van der Waals surface area contributed by atoms with Crippen LogP contribution >= 0.6 is 0 Å². The zero-order chi connectivity index (χ0) is 15.4. The number of hydrogen-bond acceptors (Lipinski definition) is 4. The van der Waals surface area contributed by atoms with Gasteiger partial charge in [-0.25, -0.2) is 0 Å². The van der Waals surface area contributed by atoms with E-state index in [9.17, 15) is 4.79 Å². The maximum atomic E-state index is 12.4. The van der Waals surface area contributed by atoms with Crippen molar-refractivity contribution in [3.05, 3.63) is 18.0 Å². The van der Waals surface area contributed by atoms with Crippen LogP contribution in [0.4, 0.5) is 0 Å². The molecular weight excluding hydrogens is 282 g/mol. The zero-order valence-electron chi connectivity index (χ0n) is 13.2. The Morgan fingerprint density at radius 2 is 2.23 bits per heavy atom. The van der Waals surface area contributed by atoms with Gasteiger partial charge in [0.25, 0.3) is 0 Å². The van der Waals surface area contributed by atoms with Crippen molar-refractivity contribution in [1.29, 1.82) is 0 Å². The maximum Gasteiger partial charge on any atom is 0.249 e. The number of nitrogens with zero attached hydrogens (tertiary/aromatic N) is 3. The molecule has 1 amide bonds. The van der Waals surface area contributed by atoms with Crippen molar-refractivity contribution in [3.63, 3.8) is 0 Å². The molecule has 1 aliphatic heterocycles. The third-order valence-corrected chi connectivity index (χ3v) is 4.49. The van der Waals surface area contributed by atoms with Crippen LogP contribution in [0.15, 0.2) is 12.3 Å². The molecule has 2 aliphatic rings. The van der Waals surface area contributed by atoms with Gasteiger partial charge in [-0.05, 0) is 25.8 Å². The molecule has 2 heterocycles. The number of hydrogen-bond donors (Lipinski definition) is 0. The highest BCUT2D eigenvalue weighted by molar-refractivity contribution is 5.77. The van der Waals surface area contributed by atoms with E-state index in [1.165, 1.54) is 12.8 Å². The van der Waals surface area contributed by atoms with E-state index in [-0.39, 0.29) is 24.7 Å². The summed E-state index contributed by atoms with van der Waals surface area (Å²) in [6, 6.07) is 2.06. The molecule has 6 heteroatoms. The molecule has 22 heavy (non-hydrogen) atoms. The summed E-state index contributed by atoms with van der Waals surface area (Å²) in [5.41, 5.74) is 1.06. The number of fused-ring (bicyclic) bond motifs is 1. The minimum Gasteiger partial charge on any atom is -0.379 e. The van der Waals surface area contributed by atoms with E-state index in [1.807, 2.05) is 22.6 Å². The van der Waals surface area contributed by atoms with Crippen molar-refractivity contribution in [2.45, 2.75) is 51.3 Å². The van der Waals surface area contributed by atoms with Crippen LogP contribution in [0.2, 0.25) is 0 Å². The lowest BCUT2D eigenvalue weighted by atomic mass is 10.2. The molecule has 1 atom stereocenters. The van der Waals surface area contributed by atoms with Gasteiger partial charge in [-0.3, -0.25) is 9.48 Å². The van der Waals surface area contributed by atoms with Crippen LogP contribution in [-0.4, -0.2) is 53.1 Å². The third kappa shape index (κ3) is 3.50. The molecule has 0 saturated heterocycles. The number of aromatic nitrogens is 2. The lowest BCUT2D eigenvalue weighted by molar-refractivity contribution is -0.140. The topological polar surface area (TPSA) is 56.6 Å².